The molecule has 1 aromatic carbocycles. The first-order chi connectivity index (χ1) is 12.9. The molecule has 0 unspecified atom stereocenters. The van der Waals surface area contributed by atoms with E-state index in [0.29, 0.717) is 13.1 Å². The second-order valence-electron chi connectivity index (χ2n) is 6.23. The van der Waals surface area contributed by atoms with Gasteiger partial charge in [0, 0.05) is 31.9 Å². The van der Waals surface area contributed by atoms with Gasteiger partial charge in [0.25, 0.3) is 5.91 Å². The highest BCUT2D eigenvalue weighted by atomic mass is 19.4. The van der Waals surface area contributed by atoms with E-state index in [-0.39, 0.29) is 23.1 Å². The van der Waals surface area contributed by atoms with E-state index >= 15 is 0 Å². The van der Waals surface area contributed by atoms with Crippen molar-refractivity contribution in [1.82, 2.24) is 20.0 Å². The molecule has 2 heterocycles. The minimum absolute atomic E-state index is 0.191. The van der Waals surface area contributed by atoms with E-state index in [1.807, 2.05) is 0 Å². The molecule has 0 aliphatic carbocycles. The van der Waals surface area contributed by atoms with Gasteiger partial charge >= 0.3 is 6.18 Å². The molecule has 0 bridgehead atoms. The van der Waals surface area contributed by atoms with Crippen LogP contribution in [0.4, 0.5) is 24.7 Å². The van der Waals surface area contributed by atoms with Gasteiger partial charge in [0.1, 0.15) is 0 Å². The summed E-state index contributed by atoms with van der Waals surface area (Å²) >= 11 is 0. The first kappa shape index (κ1) is 19.1. The van der Waals surface area contributed by atoms with Crippen molar-refractivity contribution in [1.29, 1.82) is 0 Å². The molecule has 2 aromatic rings. The van der Waals surface area contributed by atoms with E-state index in [9.17, 15) is 18.0 Å². The fourth-order valence-corrected chi connectivity index (χ4v) is 2.86. The Bertz CT molecular complexity index is 786. The topological polar surface area (TPSA) is 61.4 Å². The van der Waals surface area contributed by atoms with Crippen molar-refractivity contribution in [3.8, 4) is 0 Å². The van der Waals surface area contributed by atoms with Crippen LogP contribution in [0.2, 0.25) is 0 Å². The van der Waals surface area contributed by atoms with E-state index in [4.69, 9.17) is 0 Å². The summed E-state index contributed by atoms with van der Waals surface area (Å²) in [6, 6.07) is 7.86. The molecule has 0 atom stereocenters. The third kappa shape index (κ3) is 4.73. The number of benzene rings is 1. The lowest BCUT2D eigenvalue weighted by Gasteiger charge is -2.33. The molecule has 1 N–H and O–H groups in total. The fraction of sp³-hybridized carbons (Fsp3) is 0.389. The fourth-order valence-electron chi connectivity index (χ4n) is 2.86. The van der Waals surface area contributed by atoms with Gasteiger partial charge in [-0.25, -0.2) is 0 Å². The normalized spacial score (nSPS) is 15.6. The molecule has 0 spiro atoms. The van der Waals surface area contributed by atoms with Crippen molar-refractivity contribution in [2.75, 3.05) is 38.0 Å². The third-order valence-corrected chi connectivity index (χ3v) is 4.45. The zero-order chi connectivity index (χ0) is 19.4. The summed E-state index contributed by atoms with van der Waals surface area (Å²) in [5.74, 6) is 0.0746. The van der Waals surface area contributed by atoms with Crippen LogP contribution in [0.1, 0.15) is 23.0 Å². The second kappa shape index (κ2) is 7.91. The number of aromatic nitrogens is 2. The average Bonchev–Trinajstić information content (AvgIpc) is 2.68. The van der Waals surface area contributed by atoms with Gasteiger partial charge < -0.3 is 15.1 Å². The van der Waals surface area contributed by atoms with Gasteiger partial charge in [0.15, 0.2) is 11.5 Å². The van der Waals surface area contributed by atoms with Crippen LogP contribution in [0.25, 0.3) is 0 Å². The van der Waals surface area contributed by atoms with Crippen molar-refractivity contribution in [2.24, 2.45) is 0 Å². The standard InChI is InChI=1S/C18H20F3N5O/c1-2-25-8-10-26(11-9-25)17(27)15-6-7-16(24-23-15)22-14-5-3-4-13(12-14)18(19,20)21/h3-7,12H,2,8-11H2,1H3,(H,22,24). The summed E-state index contributed by atoms with van der Waals surface area (Å²) in [7, 11) is 0. The molecule has 144 valence electrons. The molecule has 1 aromatic heterocycles. The molecule has 3 rings (SSSR count). The van der Waals surface area contributed by atoms with Crippen molar-refractivity contribution in [3.05, 3.63) is 47.7 Å². The Balaban J connectivity index is 1.65. The maximum atomic E-state index is 12.8. The smallest absolute Gasteiger partial charge is 0.339 e. The van der Waals surface area contributed by atoms with Crippen molar-refractivity contribution >= 4 is 17.4 Å². The lowest BCUT2D eigenvalue weighted by molar-refractivity contribution is -0.137. The molecule has 1 saturated heterocycles. The molecule has 6 nitrogen and oxygen atoms in total. The van der Waals surface area contributed by atoms with Crippen LogP contribution in [0.3, 0.4) is 0 Å². The molecule has 0 radical (unpaired) electrons. The molecular formula is C18H20F3N5O. The van der Waals surface area contributed by atoms with E-state index in [0.717, 1.165) is 31.8 Å². The van der Waals surface area contributed by atoms with Gasteiger partial charge in [0.05, 0.1) is 5.56 Å². The van der Waals surface area contributed by atoms with E-state index in [2.05, 4.69) is 27.3 Å². The number of hydrogen-bond acceptors (Lipinski definition) is 5. The van der Waals surface area contributed by atoms with Crippen LogP contribution in [-0.4, -0.2) is 58.6 Å². The SMILES string of the molecule is CCN1CCN(C(=O)c2ccc(Nc3cccc(C(F)(F)F)c3)nn2)CC1. The molecule has 0 saturated carbocycles. The summed E-state index contributed by atoms with van der Waals surface area (Å²) < 4.78 is 38.3. The molecular weight excluding hydrogens is 359 g/mol. The molecule has 1 aliphatic heterocycles. The Hall–Kier alpha value is -2.68. The van der Waals surface area contributed by atoms with Crippen LogP contribution in [-0.2, 0) is 6.18 Å². The number of nitrogens with zero attached hydrogens (tertiary/aromatic N) is 4. The van der Waals surface area contributed by atoms with Gasteiger partial charge in [-0.15, -0.1) is 10.2 Å². The van der Waals surface area contributed by atoms with Gasteiger partial charge in [0.2, 0.25) is 0 Å². The van der Waals surface area contributed by atoms with E-state index in [1.54, 1.807) is 4.90 Å². The van der Waals surface area contributed by atoms with Crippen LogP contribution < -0.4 is 5.32 Å². The highest BCUT2D eigenvalue weighted by Crippen LogP contribution is 2.31. The number of anilines is 2. The van der Waals surface area contributed by atoms with Crippen LogP contribution >= 0.6 is 0 Å². The third-order valence-electron chi connectivity index (χ3n) is 4.45. The number of piperazine rings is 1. The van der Waals surface area contributed by atoms with Gasteiger partial charge in [-0.3, -0.25) is 4.79 Å². The quantitative estimate of drug-likeness (QED) is 0.885. The molecule has 9 heteroatoms. The summed E-state index contributed by atoms with van der Waals surface area (Å²) in [6.45, 7) is 5.96. The highest BCUT2D eigenvalue weighted by molar-refractivity contribution is 5.92. The Morgan fingerprint density at radius 1 is 1.11 bits per heavy atom. The summed E-state index contributed by atoms with van der Waals surface area (Å²) in [5, 5.41) is 10.6. The number of alkyl halides is 3. The lowest BCUT2D eigenvalue weighted by Crippen LogP contribution is -2.48. The summed E-state index contributed by atoms with van der Waals surface area (Å²) in [4.78, 5) is 16.5. The maximum Gasteiger partial charge on any atom is 0.416 e. The predicted octanol–water partition coefficient (Wildman–Crippen LogP) is 3.02. The number of hydrogen-bond donors (Lipinski definition) is 1. The number of carbonyl (C=O) groups is 1. The van der Waals surface area contributed by atoms with Crippen molar-refractivity contribution in [3.63, 3.8) is 0 Å². The molecule has 1 fully saturated rings. The highest BCUT2D eigenvalue weighted by Gasteiger charge is 2.30. The van der Waals surface area contributed by atoms with Crippen LogP contribution in [0.15, 0.2) is 36.4 Å². The first-order valence-electron chi connectivity index (χ1n) is 8.66. The predicted molar refractivity (Wildman–Crippen MR) is 94.8 cm³/mol. The largest absolute Gasteiger partial charge is 0.416 e. The van der Waals surface area contributed by atoms with Gasteiger partial charge in [-0.2, -0.15) is 13.2 Å². The molecule has 1 amide bonds. The summed E-state index contributed by atoms with van der Waals surface area (Å²) in [6.07, 6.45) is -4.42. The number of rotatable bonds is 4. The van der Waals surface area contributed by atoms with Crippen molar-refractivity contribution < 1.29 is 18.0 Å². The van der Waals surface area contributed by atoms with E-state index in [1.165, 1.54) is 24.3 Å². The first-order valence-corrected chi connectivity index (χ1v) is 8.66. The maximum absolute atomic E-state index is 12.8. The van der Waals surface area contributed by atoms with Crippen LogP contribution in [0.5, 0.6) is 0 Å². The average molecular weight is 379 g/mol. The Labute approximate surface area is 155 Å². The van der Waals surface area contributed by atoms with Crippen molar-refractivity contribution in [2.45, 2.75) is 13.1 Å². The monoisotopic (exact) mass is 379 g/mol. The number of carbonyl (C=O) groups excluding carboxylic acids is 1. The number of amides is 1. The molecule has 27 heavy (non-hydrogen) atoms. The van der Waals surface area contributed by atoms with Gasteiger partial charge in [-0.05, 0) is 36.9 Å². The van der Waals surface area contributed by atoms with Crippen LogP contribution in [0, 0.1) is 0 Å². The minimum atomic E-state index is -4.42. The Kier molecular flexibility index (Phi) is 5.59. The zero-order valence-corrected chi connectivity index (χ0v) is 14.8. The number of likely N-dealkylation sites (N-methyl/N-ethyl adjacent to an activating group) is 1. The Morgan fingerprint density at radius 3 is 2.44 bits per heavy atom. The number of nitrogens with one attached hydrogen (secondary N) is 1. The molecule has 1 aliphatic rings. The summed E-state index contributed by atoms with van der Waals surface area (Å²) in [5.41, 5.74) is -0.290. The van der Waals surface area contributed by atoms with E-state index < -0.39 is 11.7 Å². The zero-order valence-electron chi connectivity index (χ0n) is 14.8. The lowest BCUT2D eigenvalue weighted by atomic mass is 10.2. The Morgan fingerprint density at radius 2 is 1.85 bits per heavy atom. The minimum Gasteiger partial charge on any atom is -0.339 e. The number of halogens is 3. The van der Waals surface area contributed by atoms with Gasteiger partial charge in [-0.1, -0.05) is 13.0 Å². The second-order valence-corrected chi connectivity index (χ2v) is 6.23.